The summed E-state index contributed by atoms with van der Waals surface area (Å²) in [4.78, 5) is 0. The van der Waals surface area contributed by atoms with E-state index in [0.29, 0.717) is 18.7 Å². The van der Waals surface area contributed by atoms with Gasteiger partial charge in [0, 0.05) is 13.1 Å². The van der Waals surface area contributed by atoms with Crippen LogP contribution in [0.3, 0.4) is 0 Å². The Labute approximate surface area is 92.1 Å². The molecule has 1 rings (SSSR count). The third kappa shape index (κ3) is 4.20. The number of halogens is 3. The van der Waals surface area contributed by atoms with Crippen molar-refractivity contribution < 1.29 is 18.3 Å². The first-order valence-electron chi connectivity index (χ1n) is 4.94. The molecule has 0 unspecified atom stereocenters. The quantitative estimate of drug-likeness (QED) is 0.835. The zero-order valence-corrected chi connectivity index (χ0v) is 8.88. The highest BCUT2D eigenvalue weighted by atomic mass is 19.4. The van der Waals surface area contributed by atoms with E-state index in [9.17, 15) is 13.2 Å². The van der Waals surface area contributed by atoms with Crippen LogP contribution in [0.4, 0.5) is 13.2 Å². The number of nitrogens with one attached hydrogen (secondary N) is 1. The van der Waals surface area contributed by atoms with Gasteiger partial charge in [0.1, 0.15) is 0 Å². The molecule has 0 saturated carbocycles. The van der Waals surface area contributed by atoms with Gasteiger partial charge in [-0.2, -0.15) is 13.2 Å². The Bertz CT molecular complexity index is 336. The average Bonchev–Trinajstić information content (AvgIpc) is 2.16. The van der Waals surface area contributed by atoms with E-state index in [4.69, 9.17) is 5.11 Å². The Hall–Kier alpha value is -1.07. The molecule has 0 aromatic heterocycles. The maximum atomic E-state index is 12.4. The van der Waals surface area contributed by atoms with Crippen molar-refractivity contribution >= 4 is 0 Å². The molecule has 0 aliphatic heterocycles. The Morgan fingerprint density at radius 2 is 2.06 bits per heavy atom. The summed E-state index contributed by atoms with van der Waals surface area (Å²) in [6.45, 7) is 2.28. The van der Waals surface area contributed by atoms with Crippen molar-refractivity contribution in [2.24, 2.45) is 0 Å². The van der Waals surface area contributed by atoms with Crippen LogP contribution in [0, 0.1) is 0 Å². The topological polar surface area (TPSA) is 32.3 Å². The third-order valence-corrected chi connectivity index (χ3v) is 2.02. The lowest BCUT2D eigenvalue weighted by Crippen LogP contribution is -2.24. The van der Waals surface area contributed by atoms with E-state index in [1.165, 1.54) is 6.07 Å². The molecular formula is C11H14F3NO. The fourth-order valence-corrected chi connectivity index (χ4v) is 1.28. The van der Waals surface area contributed by atoms with Crippen molar-refractivity contribution in [3.05, 3.63) is 35.4 Å². The smallest absolute Gasteiger partial charge is 0.392 e. The van der Waals surface area contributed by atoms with Crippen LogP contribution in [0.1, 0.15) is 18.1 Å². The zero-order valence-electron chi connectivity index (χ0n) is 8.88. The van der Waals surface area contributed by atoms with Crippen molar-refractivity contribution in [3.63, 3.8) is 0 Å². The number of hydrogen-bond donors (Lipinski definition) is 2. The summed E-state index contributed by atoms with van der Waals surface area (Å²) in [5, 5.41) is 11.8. The lowest BCUT2D eigenvalue weighted by atomic mass is 10.1. The molecule has 0 saturated heterocycles. The SMILES string of the molecule is C[C@@H](O)CNCc1cccc(C(F)(F)F)c1. The Kier molecular flexibility index (Phi) is 4.32. The van der Waals surface area contributed by atoms with Crippen molar-refractivity contribution in [1.29, 1.82) is 0 Å². The first kappa shape index (κ1) is 13.0. The van der Waals surface area contributed by atoms with Gasteiger partial charge < -0.3 is 10.4 Å². The van der Waals surface area contributed by atoms with Crippen LogP contribution < -0.4 is 5.32 Å². The molecule has 1 aromatic rings. The van der Waals surface area contributed by atoms with Crippen LogP contribution in [-0.2, 0) is 12.7 Å². The molecule has 1 aromatic carbocycles. The second-order valence-corrected chi connectivity index (χ2v) is 3.68. The first-order valence-corrected chi connectivity index (χ1v) is 4.94. The molecule has 0 spiro atoms. The summed E-state index contributed by atoms with van der Waals surface area (Å²) < 4.78 is 37.1. The first-order chi connectivity index (χ1) is 7.39. The molecule has 2 nitrogen and oxygen atoms in total. The number of rotatable bonds is 4. The van der Waals surface area contributed by atoms with Crippen molar-refractivity contribution in [1.82, 2.24) is 5.32 Å². The summed E-state index contributed by atoms with van der Waals surface area (Å²) in [5.74, 6) is 0. The maximum absolute atomic E-state index is 12.4. The summed E-state index contributed by atoms with van der Waals surface area (Å²) >= 11 is 0. The third-order valence-electron chi connectivity index (χ3n) is 2.02. The number of aliphatic hydroxyl groups is 1. The second-order valence-electron chi connectivity index (χ2n) is 3.68. The van der Waals surface area contributed by atoms with Gasteiger partial charge in [0.25, 0.3) is 0 Å². The lowest BCUT2D eigenvalue weighted by molar-refractivity contribution is -0.137. The Balaban J connectivity index is 2.61. The van der Waals surface area contributed by atoms with Gasteiger partial charge in [-0.1, -0.05) is 18.2 Å². The van der Waals surface area contributed by atoms with E-state index in [-0.39, 0.29) is 0 Å². The lowest BCUT2D eigenvalue weighted by Gasteiger charge is -2.10. The van der Waals surface area contributed by atoms with Gasteiger partial charge in [-0.05, 0) is 18.6 Å². The van der Waals surface area contributed by atoms with E-state index in [0.717, 1.165) is 12.1 Å². The van der Waals surface area contributed by atoms with Gasteiger partial charge in [0.15, 0.2) is 0 Å². The predicted molar refractivity (Wildman–Crippen MR) is 54.8 cm³/mol. The van der Waals surface area contributed by atoms with E-state index in [1.54, 1.807) is 13.0 Å². The molecule has 16 heavy (non-hydrogen) atoms. The largest absolute Gasteiger partial charge is 0.416 e. The highest BCUT2D eigenvalue weighted by molar-refractivity contribution is 5.25. The van der Waals surface area contributed by atoms with Gasteiger partial charge >= 0.3 is 6.18 Å². The van der Waals surface area contributed by atoms with E-state index >= 15 is 0 Å². The van der Waals surface area contributed by atoms with Gasteiger partial charge in [-0.15, -0.1) is 0 Å². The molecule has 0 radical (unpaired) electrons. The molecule has 2 N–H and O–H groups in total. The summed E-state index contributed by atoms with van der Waals surface area (Å²) in [7, 11) is 0. The monoisotopic (exact) mass is 233 g/mol. The fraction of sp³-hybridized carbons (Fsp3) is 0.455. The van der Waals surface area contributed by atoms with Crippen LogP contribution in [0.15, 0.2) is 24.3 Å². The van der Waals surface area contributed by atoms with Crippen LogP contribution in [0.2, 0.25) is 0 Å². The molecule has 0 aliphatic rings. The van der Waals surface area contributed by atoms with Gasteiger partial charge in [0.05, 0.1) is 11.7 Å². The van der Waals surface area contributed by atoms with Crippen LogP contribution in [-0.4, -0.2) is 17.8 Å². The van der Waals surface area contributed by atoms with Gasteiger partial charge in [0.2, 0.25) is 0 Å². The molecule has 0 fully saturated rings. The van der Waals surface area contributed by atoms with E-state index < -0.39 is 17.8 Å². The molecule has 1 atom stereocenters. The van der Waals surface area contributed by atoms with Crippen molar-refractivity contribution in [3.8, 4) is 0 Å². The molecule has 0 amide bonds. The normalized spacial score (nSPS) is 13.8. The van der Waals surface area contributed by atoms with E-state index in [1.807, 2.05) is 0 Å². The Morgan fingerprint density at radius 1 is 1.38 bits per heavy atom. The second kappa shape index (κ2) is 5.32. The molecule has 0 bridgehead atoms. The number of benzene rings is 1. The Morgan fingerprint density at radius 3 is 2.62 bits per heavy atom. The number of alkyl halides is 3. The minimum absolute atomic E-state index is 0.314. The summed E-state index contributed by atoms with van der Waals surface area (Å²) in [6.07, 6.45) is -4.81. The minimum atomic E-state index is -4.31. The predicted octanol–water partition coefficient (Wildman–Crippen LogP) is 2.18. The molecule has 90 valence electrons. The van der Waals surface area contributed by atoms with E-state index in [2.05, 4.69) is 5.32 Å². The number of aliphatic hydroxyl groups excluding tert-OH is 1. The molecule has 0 aliphatic carbocycles. The van der Waals surface area contributed by atoms with Crippen molar-refractivity contribution in [2.75, 3.05) is 6.54 Å². The van der Waals surface area contributed by atoms with Gasteiger partial charge in [-0.25, -0.2) is 0 Å². The highest BCUT2D eigenvalue weighted by Crippen LogP contribution is 2.29. The fourth-order valence-electron chi connectivity index (χ4n) is 1.28. The summed E-state index contributed by atoms with van der Waals surface area (Å²) in [5.41, 5.74) is -0.0979. The maximum Gasteiger partial charge on any atom is 0.416 e. The highest BCUT2D eigenvalue weighted by Gasteiger charge is 2.30. The zero-order chi connectivity index (χ0) is 12.2. The standard InChI is InChI=1S/C11H14F3NO/c1-8(16)6-15-7-9-3-2-4-10(5-9)11(12,13)14/h2-5,8,15-16H,6-7H2,1H3/t8-/m1/s1. The average molecular weight is 233 g/mol. The molecular weight excluding hydrogens is 219 g/mol. The molecule has 5 heteroatoms. The molecule has 0 heterocycles. The number of hydrogen-bond acceptors (Lipinski definition) is 2. The van der Waals surface area contributed by atoms with Crippen LogP contribution in [0.25, 0.3) is 0 Å². The van der Waals surface area contributed by atoms with Crippen LogP contribution in [0.5, 0.6) is 0 Å². The minimum Gasteiger partial charge on any atom is -0.392 e. The van der Waals surface area contributed by atoms with Gasteiger partial charge in [-0.3, -0.25) is 0 Å². The summed E-state index contributed by atoms with van der Waals surface area (Å²) in [6, 6.07) is 5.14. The van der Waals surface area contributed by atoms with Crippen molar-refractivity contribution in [2.45, 2.75) is 25.7 Å². The van der Waals surface area contributed by atoms with Crippen LogP contribution >= 0.6 is 0 Å².